The highest BCUT2D eigenvalue weighted by molar-refractivity contribution is 7.95. The molecule has 3 N–H and O–H groups in total. The summed E-state index contributed by atoms with van der Waals surface area (Å²) in [7, 11) is -6.18. The van der Waals surface area contributed by atoms with Crippen LogP contribution in [0.3, 0.4) is 0 Å². The zero-order valence-electron chi connectivity index (χ0n) is 19.9. The summed E-state index contributed by atoms with van der Waals surface area (Å²) >= 11 is 0. The zero-order chi connectivity index (χ0) is 27.1. The van der Waals surface area contributed by atoms with Crippen molar-refractivity contribution in [3.05, 3.63) is 120 Å². The van der Waals surface area contributed by atoms with Crippen molar-refractivity contribution in [3.8, 4) is 0 Å². The van der Waals surface area contributed by atoms with Crippen LogP contribution in [0.4, 0.5) is 0 Å². The zero-order valence-corrected chi connectivity index (χ0v) is 21.6. The van der Waals surface area contributed by atoms with E-state index in [2.05, 4.69) is 97.9 Å². The van der Waals surface area contributed by atoms with Gasteiger partial charge in [-0.3, -0.25) is 4.55 Å². The van der Waals surface area contributed by atoms with Crippen LogP contribution in [0.5, 0.6) is 0 Å². The number of carboxylic acid groups (broad SMARTS) is 2. The number of carbonyl (C=O) groups is 2. The van der Waals surface area contributed by atoms with Crippen molar-refractivity contribution in [1.29, 1.82) is 0 Å². The van der Waals surface area contributed by atoms with E-state index in [0.29, 0.717) is 12.1 Å². The minimum absolute atomic E-state index is 0.535. The highest BCUT2D eigenvalue weighted by atomic mass is 32.2. The van der Waals surface area contributed by atoms with E-state index in [1.807, 2.05) is 0 Å². The maximum Gasteiger partial charge on any atom is 0.335 e. The van der Waals surface area contributed by atoms with Crippen LogP contribution in [0.1, 0.15) is 27.6 Å². The van der Waals surface area contributed by atoms with Gasteiger partial charge in [-0.05, 0) is 61.5 Å². The molecule has 0 saturated carbocycles. The normalized spacial score (nSPS) is 11.2. The SMILES string of the molecule is CC[P+](c1ccccc1)(c1ccccc1)c1ccccc1.O=C(O)c1cc(C(=O)O)cc(S(=O)(=O)O)c1. The molecule has 0 atom stereocenters. The fraction of sp³-hybridized carbons (Fsp3) is 0.0714. The molecule has 0 fully saturated rings. The Morgan fingerprint density at radius 2 is 0.973 bits per heavy atom. The van der Waals surface area contributed by atoms with Crippen LogP contribution in [-0.2, 0) is 10.1 Å². The number of hydrogen-bond donors (Lipinski definition) is 3. The molecular formula is C28H26O7PS+. The van der Waals surface area contributed by atoms with Crippen molar-refractivity contribution in [1.82, 2.24) is 0 Å². The Kier molecular flexibility index (Phi) is 8.95. The lowest BCUT2D eigenvalue weighted by Gasteiger charge is -2.26. The van der Waals surface area contributed by atoms with E-state index >= 15 is 0 Å². The lowest BCUT2D eigenvalue weighted by molar-refractivity contribution is 0.0696. The Balaban J connectivity index is 0.000000214. The molecular weight excluding hydrogens is 511 g/mol. The molecule has 0 radical (unpaired) electrons. The first-order valence-electron chi connectivity index (χ1n) is 11.2. The van der Waals surface area contributed by atoms with E-state index in [9.17, 15) is 18.0 Å². The quantitative estimate of drug-likeness (QED) is 0.236. The molecule has 0 saturated heterocycles. The van der Waals surface area contributed by atoms with Gasteiger partial charge in [-0.2, -0.15) is 8.42 Å². The predicted molar refractivity (Wildman–Crippen MR) is 146 cm³/mol. The summed E-state index contributed by atoms with van der Waals surface area (Å²) in [6, 6.07) is 35.1. The third-order valence-electron chi connectivity index (χ3n) is 5.76. The Morgan fingerprint density at radius 3 is 1.22 bits per heavy atom. The van der Waals surface area contributed by atoms with E-state index in [1.54, 1.807) is 0 Å². The van der Waals surface area contributed by atoms with Crippen molar-refractivity contribution in [3.63, 3.8) is 0 Å². The first-order valence-corrected chi connectivity index (χ1v) is 14.6. The monoisotopic (exact) mass is 537 g/mol. The Morgan fingerprint density at radius 1 is 0.649 bits per heavy atom. The summed E-state index contributed by atoms with van der Waals surface area (Å²) in [6.07, 6.45) is 1.14. The van der Waals surface area contributed by atoms with Gasteiger partial charge in [0.15, 0.2) is 0 Å². The first kappa shape index (κ1) is 27.7. The van der Waals surface area contributed by atoms with Gasteiger partial charge in [0.1, 0.15) is 23.2 Å². The molecule has 0 aromatic heterocycles. The van der Waals surface area contributed by atoms with Crippen molar-refractivity contribution in [2.75, 3.05) is 6.16 Å². The number of carboxylic acids is 2. The van der Waals surface area contributed by atoms with Crippen LogP contribution in [-0.4, -0.2) is 41.3 Å². The molecule has 0 aliphatic rings. The predicted octanol–water partition coefficient (Wildman–Crippen LogP) is 4.33. The second-order valence-corrected chi connectivity index (χ2v) is 13.2. The topological polar surface area (TPSA) is 129 Å². The van der Waals surface area contributed by atoms with Crippen LogP contribution in [0.15, 0.2) is 114 Å². The van der Waals surface area contributed by atoms with Crippen LogP contribution in [0.2, 0.25) is 0 Å². The average Bonchev–Trinajstić information content (AvgIpc) is 2.91. The maximum absolute atomic E-state index is 10.8. The molecule has 190 valence electrons. The molecule has 0 aliphatic carbocycles. The Bertz CT molecular complexity index is 1340. The van der Waals surface area contributed by atoms with Crippen LogP contribution in [0.25, 0.3) is 0 Å². The average molecular weight is 538 g/mol. The Labute approximate surface area is 216 Å². The van der Waals surface area contributed by atoms with Gasteiger partial charge in [0.25, 0.3) is 10.1 Å². The van der Waals surface area contributed by atoms with Gasteiger partial charge in [0, 0.05) is 0 Å². The molecule has 9 heteroatoms. The number of benzene rings is 4. The summed E-state index contributed by atoms with van der Waals surface area (Å²) < 4.78 is 30.2. The number of hydrogen-bond acceptors (Lipinski definition) is 4. The van der Waals surface area contributed by atoms with Gasteiger partial charge in [-0.25, -0.2) is 9.59 Å². The molecule has 0 heterocycles. The number of aromatic carboxylic acids is 2. The summed E-state index contributed by atoms with van der Waals surface area (Å²) in [5.74, 6) is -2.99. The van der Waals surface area contributed by atoms with Gasteiger partial charge >= 0.3 is 11.9 Å². The van der Waals surface area contributed by atoms with E-state index in [1.165, 1.54) is 15.9 Å². The molecule has 0 aliphatic heterocycles. The largest absolute Gasteiger partial charge is 0.478 e. The fourth-order valence-electron chi connectivity index (χ4n) is 4.04. The van der Waals surface area contributed by atoms with E-state index < -0.39 is 45.3 Å². The van der Waals surface area contributed by atoms with Crippen LogP contribution < -0.4 is 15.9 Å². The molecule has 4 rings (SSSR count). The molecule has 0 unspecified atom stereocenters. The molecule has 4 aromatic rings. The van der Waals surface area contributed by atoms with Gasteiger partial charge in [-0.15, -0.1) is 0 Å². The summed E-state index contributed by atoms with van der Waals surface area (Å²) in [5, 5.41) is 21.6. The molecule has 0 spiro atoms. The van der Waals surface area contributed by atoms with Crippen molar-refractivity contribution in [2.45, 2.75) is 11.8 Å². The van der Waals surface area contributed by atoms with Crippen molar-refractivity contribution < 1.29 is 32.8 Å². The van der Waals surface area contributed by atoms with Gasteiger partial charge in [0.2, 0.25) is 0 Å². The van der Waals surface area contributed by atoms with Crippen molar-refractivity contribution >= 4 is 45.2 Å². The first-order chi connectivity index (χ1) is 17.6. The number of rotatable bonds is 7. The fourth-order valence-corrected chi connectivity index (χ4v) is 8.62. The lowest BCUT2D eigenvalue weighted by Crippen LogP contribution is -2.32. The summed E-state index contributed by atoms with van der Waals surface area (Å²) in [4.78, 5) is 20.4. The van der Waals surface area contributed by atoms with E-state index in [-0.39, 0.29) is 0 Å². The third-order valence-corrected chi connectivity index (χ3v) is 11.1. The third kappa shape index (κ3) is 6.49. The maximum atomic E-state index is 10.8. The minimum Gasteiger partial charge on any atom is -0.478 e. The highest BCUT2D eigenvalue weighted by Gasteiger charge is 2.43. The lowest BCUT2D eigenvalue weighted by atomic mass is 10.1. The Hall–Kier alpha value is -3.84. The smallest absolute Gasteiger partial charge is 0.335 e. The molecule has 0 amide bonds. The molecule has 7 nitrogen and oxygen atoms in total. The van der Waals surface area contributed by atoms with Crippen LogP contribution in [0, 0.1) is 0 Å². The van der Waals surface area contributed by atoms with Crippen LogP contribution >= 0.6 is 7.26 Å². The summed E-state index contributed by atoms with van der Waals surface area (Å²) in [5.41, 5.74) is -1.07. The van der Waals surface area contributed by atoms with Gasteiger partial charge < -0.3 is 10.2 Å². The second kappa shape index (κ2) is 11.9. The molecule has 0 bridgehead atoms. The summed E-state index contributed by atoms with van der Waals surface area (Å²) in [6.45, 7) is 2.32. The minimum atomic E-state index is -4.64. The molecule has 4 aromatic carbocycles. The highest BCUT2D eigenvalue weighted by Crippen LogP contribution is 2.54. The standard InChI is InChI=1S/C20H20P.C8H6O7S/c1-2-21(18-12-6-3-7-13-18,19-14-8-4-9-15-19)20-16-10-5-11-17-20;9-7(10)4-1-5(8(11)12)3-6(2-4)16(13,14)15/h3-17H,2H2,1H3;1-3H,(H,9,10)(H,11,12)(H,13,14,15)/q+1;. The van der Waals surface area contributed by atoms with E-state index in [0.717, 1.165) is 12.2 Å². The van der Waals surface area contributed by atoms with Crippen molar-refractivity contribution in [2.24, 2.45) is 0 Å². The van der Waals surface area contributed by atoms with E-state index in [4.69, 9.17) is 14.8 Å². The molecule has 37 heavy (non-hydrogen) atoms. The van der Waals surface area contributed by atoms with Gasteiger partial charge in [0.05, 0.1) is 22.2 Å². The van der Waals surface area contributed by atoms with Gasteiger partial charge in [-0.1, -0.05) is 54.6 Å². The second-order valence-electron chi connectivity index (χ2n) is 7.96.